The van der Waals surface area contributed by atoms with Crippen LogP contribution in [0.25, 0.3) is 5.69 Å². The topological polar surface area (TPSA) is 66.9 Å². The van der Waals surface area contributed by atoms with Crippen molar-refractivity contribution in [3.8, 4) is 5.69 Å². The van der Waals surface area contributed by atoms with Crippen LogP contribution in [0.2, 0.25) is 0 Å². The van der Waals surface area contributed by atoms with Gasteiger partial charge in [-0.25, -0.2) is 4.68 Å². The summed E-state index contributed by atoms with van der Waals surface area (Å²) in [4.78, 5) is 22.4. The number of hydrogen-bond acceptors (Lipinski definition) is 2. The van der Waals surface area contributed by atoms with Crippen LogP contribution in [0.4, 0.5) is 5.69 Å². The van der Waals surface area contributed by atoms with Crippen LogP contribution < -0.4 is 10.9 Å². The number of carbonyl (C=O) groups excluding carboxylic acids is 1. The maximum absolute atomic E-state index is 11.6. The lowest BCUT2D eigenvalue weighted by molar-refractivity contribution is -0.114. The van der Waals surface area contributed by atoms with E-state index in [1.54, 1.807) is 24.3 Å². The average molecular weight is 231 g/mol. The number of aromatic amines is 1. The summed E-state index contributed by atoms with van der Waals surface area (Å²) in [6, 6.07) is 8.56. The lowest BCUT2D eigenvalue weighted by Gasteiger charge is -2.04. The summed E-state index contributed by atoms with van der Waals surface area (Å²) in [5, 5.41) is 5.60. The first-order valence-corrected chi connectivity index (χ1v) is 5.23. The van der Waals surface area contributed by atoms with Crippen molar-refractivity contribution in [1.82, 2.24) is 9.78 Å². The standard InChI is InChI=1S/C12H13N3O2/c1-8-7-12(17)15(14-8)11-5-3-10(4-6-11)13-9(2)16/h3-7,14H,1-2H3,(H,13,16). The number of carbonyl (C=O) groups is 1. The fourth-order valence-electron chi connectivity index (χ4n) is 1.60. The Morgan fingerprint density at radius 3 is 2.41 bits per heavy atom. The number of rotatable bonds is 2. The second kappa shape index (κ2) is 4.29. The van der Waals surface area contributed by atoms with Crippen molar-refractivity contribution in [3.63, 3.8) is 0 Å². The van der Waals surface area contributed by atoms with Crippen LogP contribution in [-0.4, -0.2) is 15.7 Å². The molecule has 17 heavy (non-hydrogen) atoms. The third kappa shape index (κ3) is 2.44. The van der Waals surface area contributed by atoms with Gasteiger partial charge >= 0.3 is 0 Å². The van der Waals surface area contributed by atoms with E-state index < -0.39 is 0 Å². The highest BCUT2D eigenvalue weighted by Crippen LogP contribution is 2.11. The lowest BCUT2D eigenvalue weighted by atomic mass is 10.3. The SMILES string of the molecule is CC(=O)Nc1ccc(-n2[nH]c(C)cc2=O)cc1. The van der Waals surface area contributed by atoms with Gasteiger partial charge in [-0.15, -0.1) is 0 Å². The number of hydrogen-bond donors (Lipinski definition) is 2. The number of aryl methyl sites for hydroxylation is 1. The summed E-state index contributed by atoms with van der Waals surface area (Å²) in [5.41, 5.74) is 2.14. The Kier molecular flexibility index (Phi) is 2.82. The number of aromatic nitrogens is 2. The Balaban J connectivity index is 2.32. The molecule has 0 bridgehead atoms. The number of nitrogens with zero attached hydrogens (tertiary/aromatic N) is 1. The number of H-pyrrole nitrogens is 1. The minimum absolute atomic E-state index is 0.102. The normalized spacial score (nSPS) is 10.2. The molecule has 1 aromatic carbocycles. The summed E-state index contributed by atoms with van der Waals surface area (Å²) >= 11 is 0. The molecule has 0 fully saturated rings. The Hall–Kier alpha value is -2.30. The van der Waals surface area contributed by atoms with Crippen LogP contribution in [0, 0.1) is 6.92 Å². The molecule has 2 rings (SSSR count). The smallest absolute Gasteiger partial charge is 0.271 e. The van der Waals surface area contributed by atoms with Gasteiger partial charge in [0.15, 0.2) is 0 Å². The van der Waals surface area contributed by atoms with Crippen molar-refractivity contribution in [3.05, 3.63) is 46.4 Å². The lowest BCUT2D eigenvalue weighted by Crippen LogP contribution is -2.13. The zero-order chi connectivity index (χ0) is 12.4. The van der Waals surface area contributed by atoms with E-state index in [1.807, 2.05) is 6.92 Å². The molecule has 0 spiro atoms. The molecule has 0 atom stereocenters. The number of benzene rings is 1. The summed E-state index contributed by atoms with van der Waals surface area (Å²) in [6.45, 7) is 3.27. The Bertz CT molecular complexity index is 593. The van der Waals surface area contributed by atoms with Gasteiger partial charge in [-0.3, -0.25) is 14.7 Å². The third-order valence-corrected chi connectivity index (χ3v) is 2.29. The van der Waals surface area contributed by atoms with Gasteiger partial charge in [-0.05, 0) is 31.2 Å². The molecular formula is C12H13N3O2. The number of amides is 1. The van der Waals surface area contributed by atoms with Gasteiger partial charge in [0.2, 0.25) is 5.91 Å². The molecule has 1 aromatic heterocycles. The first-order valence-electron chi connectivity index (χ1n) is 5.23. The molecule has 0 saturated carbocycles. The van der Waals surface area contributed by atoms with E-state index in [1.165, 1.54) is 17.7 Å². The second-order valence-corrected chi connectivity index (χ2v) is 3.84. The van der Waals surface area contributed by atoms with Crippen LogP contribution in [0.1, 0.15) is 12.6 Å². The molecule has 2 aromatic rings. The summed E-state index contributed by atoms with van der Waals surface area (Å²) < 4.78 is 1.45. The first-order chi connectivity index (χ1) is 8.06. The highest BCUT2D eigenvalue weighted by Gasteiger charge is 2.02. The summed E-state index contributed by atoms with van der Waals surface area (Å²) in [7, 11) is 0. The maximum atomic E-state index is 11.6. The van der Waals surface area contributed by atoms with Gasteiger partial charge in [0, 0.05) is 24.4 Å². The van der Waals surface area contributed by atoms with Gasteiger partial charge in [0.05, 0.1) is 5.69 Å². The van der Waals surface area contributed by atoms with Crippen molar-refractivity contribution in [2.45, 2.75) is 13.8 Å². The molecule has 1 heterocycles. The monoisotopic (exact) mass is 231 g/mol. The predicted octanol–water partition coefficient (Wildman–Crippen LogP) is 1.43. The van der Waals surface area contributed by atoms with Gasteiger partial charge in [0.25, 0.3) is 5.56 Å². The molecule has 2 N–H and O–H groups in total. The van der Waals surface area contributed by atoms with Crippen LogP contribution in [-0.2, 0) is 4.79 Å². The van der Waals surface area contributed by atoms with Crippen molar-refractivity contribution < 1.29 is 4.79 Å². The highest BCUT2D eigenvalue weighted by molar-refractivity contribution is 5.88. The maximum Gasteiger partial charge on any atom is 0.271 e. The molecule has 5 nitrogen and oxygen atoms in total. The number of anilines is 1. The molecule has 0 aliphatic carbocycles. The van der Waals surface area contributed by atoms with Gasteiger partial charge in [0.1, 0.15) is 0 Å². The average Bonchev–Trinajstić information content (AvgIpc) is 2.58. The highest BCUT2D eigenvalue weighted by atomic mass is 16.1. The fourth-order valence-corrected chi connectivity index (χ4v) is 1.60. The van der Waals surface area contributed by atoms with Gasteiger partial charge in [-0.1, -0.05) is 0 Å². The van der Waals surface area contributed by atoms with Crippen molar-refractivity contribution in [2.75, 3.05) is 5.32 Å². The van der Waals surface area contributed by atoms with E-state index in [0.29, 0.717) is 5.69 Å². The second-order valence-electron chi connectivity index (χ2n) is 3.84. The Morgan fingerprint density at radius 2 is 1.94 bits per heavy atom. The molecule has 0 aliphatic rings. The van der Waals surface area contributed by atoms with Crippen molar-refractivity contribution in [1.29, 1.82) is 0 Å². The predicted molar refractivity (Wildman–Crippen MR) is 65.4 cm³/mol. The summed E-state index contributed by atoms with van der Waals surface area (Å²) in [6.07, 6.45) is 0. The van der Waals surface area contributed by atoms with Gasteiger partial charge < -0.3 is 5.32 Å². The van der Waals surface area contributed by atoms with Crippen LogP contribution in [0.5, 0.6) is 0 Å². The third-order valence-electron chi connectivity index (χ3n) is 2.29. The molecule has 0 unspecified atom stereocenters. The molecular weight excluding hydrogens is 218 g/mol. The minimum Gasteiger partial charge on any atom is -0.326 e. The quantitative estimate of drug-likeness (QED) is 0.821. The Labute approximate surface area is 98.1 Å². The summed E-state index contributed by atoms with van der Waals surface area (Å²) in [5.74, 6) is -0.120. The zero-order valence-electron chi connectivity index (χ0n) is 9.65. The molecule has 1 amide bonds. The van der Waals surface area contributed by atoms with Crippen molar-refractivity contribution >= 4 is 11.6 Å². The van der Waals surface area contributed by atoms with E-state index in [2.05, 4.69) is 10.4 Å². The molecule has 0 saturated heterocycles. The zero-order valence-corrected chi connectivity index (χ0v) is 9.65. The number of nitrogens with one attached hydrogen (secondary N) is 2. The largest absolute Gasteiger partial charge is 0.326 e. The van der Waals surface area contributed by atoms with Crippen molar-refractivity contribution in [2.24, 2.45) is 0 Å². The van der Waals surface area contributed by atoms with Gasteiger partial charge in [-0.2, -0.15) is 0 Å². The van der Waals surface area contributed by atoms with E-state index >= 15 is 0 Å². The molecule has 88 valence electrons. The van der Waals surface area contributed by atoms with E-state index in [4.69, 9.17) is 0 Å². The molecule has 0 radical (unpaired) electrons. The minimum atomic E-state index is -0.120. The van der Waals surface area contributed by atoms with E-state index in [9.17, 15) is 9.59 Å². The molecule has 0 aliphatic heterocycles. The van der Waals surface area contributed by atoms with Crippen LogP contribution in [0.15, 0.2) is 35.1 Å². The molecule has 5 heteroatoms. The van der Waals surface area contributed by atoms with E-state index in [0.717, 1.165) is 11.4 Å². The van der Waals surface area contributed by atoms with E-state index in [-0.39, 0.29) is 11.5 Å². The van der Waals surface area contributed by atoms with Crippen LogP contribution in [0.3, 0.4) is 0 Å². The Morgan fingerprint density at radius 1 is 1.29 bits per heavy atom. The van der Waals surface area contributed by atoms with Crippen LogP contribution >= 0.6 is 0 Å². The first kappa shape index (κ1) is 11.2. The fraction of sp³-hybridized carbons (Fsp3) is 0.167.